The van der Waals surface area contributed by atoms with Gasteiger partial charge in [-0.1, -0.05) is 73.7 Å². The summed E-state index contributed by atoms with van der Waals surface area (Å²) in [5.74, 6) is 0.257. The van der Waals surface area contributed by atoms with Crippen LogP contribution in [0.4, 0.5) is 5.13 Å². The molecule has 1 amide bonds. The molecular formula is C26H25Cl2N3O2S. The van der Waals surface area contributed by atoms with Gasteiger partial charge in [0.1, 0.15) is 17.4 Å². The van der Waals surface area contributed by atoms with Gasteiger partial charge in [0.2, 0.25) is 0 Å². The first-order valence-corrected chi connectivity index (χ1v) is 12.6. The van der Waals surface area contributed by atoms with Crippen molar-refractivity contribution in [2.75, 3.05) is 11.9 Å². The van der Waals surface area contributed by atoms with Crippen LogP contribution in [0.3, 0.4) is 0 Å². The Morgan fingerprint density at radius 1 is 1.18 bits per heavy atom. The van der Waals surface area contributed by atoms with Gasteiger partial charge >= 0.3 is 0 Å². The highest BCUT2D eigenvalue weighted by molar-refractivity contribution is 7.15. The number of thiazole rings is 1. The van der Waals surface area contributed by atoms with Crippen LogP contribution in [0.15, 0.2) is 54.2 Å². The largest absolute Gasteiger partial charge is 0.494 e. The van der Waals surface area contributed by atoms with Gasteiger partial charge in [-0.25, -0.2) is 4.98 Å². The molecule has 1 heterocycles. The van der Waals surface area contributed by atoms with Gasteiger partial charge in [-0.15, -0.1) is 11.3 Å². The molecule has 5 nitrogen and oxygen atoms in total. The van der Waals surface area contributed by atoms with E-state index < -0.39 is 5.91 Å². The van der Waals surface area contributed by atoms with Crippen LogP contribution >= 0.6 is 34.5 Å². The van der Waals surface area contributed by atoms with Crippen molar-refractivity contribution >= 4 is 51.7 Å². The molecule has 0 saturated heterocycles. The number of carbonyl (C=O) groups excluding carboxylic acids is 1. The zero-order chi connectivity index (χ0) is 24.3. The minimum Gasteiger partial charge on any atom is -0.494 e. The van der Waals surface area contributed by atoms with E-state index >= 15 is 0 Å². The number of halogens is 2. The second kappa shape index (κ2) is 13.1. The number of amides is 1. The van der Waals surface area contributed by atoms with E-state index in [-0.39, 0.29) is 5.57 Å². The molecular weight excluding hydrogens is 489 g/mol. The summed E-state index contributed by atoms with van der Waals surface area (Å²) >= 11 is 13.7. The molecule has 0 radical (unpaired) electrons. The molecule has 0 bridgehead atoms. The first kappa shape index (κ1) is 25.8. The molecule has 34 heavy (non-hydrogen) atoms. The maximum Gasteiger partial charge on any atom is 0.268 e. The van der Waals surface area contributed by atoms with Crippen LogP contribution in [0.25, 0.3) is 6.08 Å². The summed E-state index contributed by atoms with van der Waals surface area (Å²) in [5, 5.41) is 13.6. The third kappa shape index (κ3) is 7.59. The predicted octanol–water partition coefficient (Wildman–Crippen LogP) is 7.55. The molecule has 0 aliphatic rings. The van der Waals surface area contributed by atoms with Crippen molar-refractivity contribution in [2.45, 2.75) is 39.0 Å². The van der Waals surface area contributed by atoms with E-state index in [2.05, 4.69) is 17.2 Å². The standard InChI is InChI=1S/C26H25Cl2N3O2S/c1-2-3-4-5-13-33-21-11-9-18(10-12-21)14-20(16-29)25(32)31-26-30-17-22(34-26)15-19-7-6-8-23(27)24(19)28/h6-12,14,17H,2-5,13,15H2,1H3,(H,30,31,32). The number of aromatic nitrogens is 1. The van der Waals surface area contributed by atoms with Gasteiger partial charge < -0.3 is 4.74 Å². The molecule has 3 aromatic rings. The number of hydrogen-bond acceptors (Lipinski definition) is 5. The Morgan fingerprint density at radius 2 is 1.97 bits per heavy atom. The van der Waals surface area contributed by atoms with Gasteiger partial charge in [0, 0.05) is 17.5 Å². The molecule has 0 fully saturated rings. The fourth-order valence-electron chi connectivity index (χ4n) is 3.18. The molecule has 0 atom stereocenters. The Bertz CT molecular complexity index is 1180. The number of hydrogen-bond donors (Lipinski definition) is 1. The third-order valence-corrected chi connectivity index (χ3v) is 6.76. The lowest BCUT2D eigenvalue weighted by molar-refractivity contribution is -0.112. The van der Waals surface area contributed by atoms with Gasteiger partial charge in [-0.3, -0.25) is 10.1 Å². The van der Waals surface area contributed by atoms with Crippen LogP contribution in [0.5, 0.6) is 5.75 Å². The average molecular weight is 514 g/mol. The van der Waals surface area contributed by atoms with Gasteiger partial charge in [-0.05, 0) is 41.8 Å². The van der Waals surface area contributed by atoms with E-state index in [1.807, 2.05) is 42.5 Å². The molecule has 1 aromatic heterocycles. The molecule has 0 saturated carbocycles. The SMILES string of the molecule is CCCCCCOc1ccc(C=C(C#N)C(=O)Nc2ncc(Cc3cccc(Cl)c3Cl)s2)cc1. The van der Waals surface area contributed by atoms with Crippen LogP contribution < -0.4 is 10.1 Å². The average Bonchev–Trinajstić information content (AvgIpc) is 3.27. The van der Waals surface area contributed by atoms with E-state index in [1.165, 1.54) is 24.2 Å². The quantitative estimate of drug-likeness (QED) is 0.163. The van der Waals surface area contributed by atoms with Crippen molar-refractivity contribution in [3.05, 3.63) is 80.3 Å². The molecule has 0 spiro atoms. The summed E-state index contributed by atoms with van der Waals surface area (Å²) in [6, 6.07) is 14.7. The van der Waals surface area contributed by atoms with Crippen LogP contribution in [0.1, 0.15) is 48.6 Å². The Balaban J connectivity index is 1.58. The van der Waals surface area contributed by atoms with E-state index in [4.69, 9.17) is 27.9 Å². The first-order valence-electron chi connectivity index (χ1n) is 11.0. The number of carbonyl (C=O) groups is 1. The molecule has 176 valence electrons. The van der Waals surface area contributed by atoms with Crippen LogP contribution in [-0.4, -0.2) is 17.5 Å². The molecule has 1 N–H and O–H groups in total. The third-order valence-electron chi connectivity index (χ3n) is 4.99. The monoisotopic (exact) mass is 513 g/mol. The maximum atomic E-state index is 12.6. The molecule has 0 aliphatic heterocycles. The zero-order valence-electron chi connectivity index (χ0n) is 18.8. The highest BCUT2D eigenvalue weighted by Crippen LogP contribution is 2.29. The highest BCUT2D eigenvalue weighted by Gasteiger charge is 2.13. The van der Waals surface area contributed by atoms with Crippen LogP contribution in [0, 0.1) is 11.3 Å². The normalized spacial score (nSPS) is 11.2. The topological polar surface area (TPSA) is 75.0 Å². The van der Waals surface area contributed by atoms with Gasteiger partial charge in [0.15, 0.2) is 5.13 Å². The number of nitrogens with zero attached hydrogens (tertiary/aromatic N) is 2. The summed E-state index contributed by atoms with van der Waals surface area (Å²) in [6.45, 7) is 2.86. The van der Waals surface area contributed by atoms with Crippen molar-refractivity contribution in [3.63, 3.8) is 0 Å². The predicted molar refractivity (Wildman–Crippen MR) is 140 cm³/mol. The minimum absolute atomic E-state index is 0.0112. The Labute approximate surface area is 214 Å². The molecule has 3 rings (SSSR count). The molecule has 0 unspecified atom stereocenters. The van der Waals surface area contributed by atoms with Gasteiger partial charge in [0.05, 0.1) is 16.7 Å². The van der Waals surface area contributed by atoms with Crippen molar-refractivity contribution < 1.29 is 9.53 Å². The minimum atomic E-state index is -0.513. The van der Waals surface area contributed by atoms with E-state index in [0.717, 1.165) is 34.6 Å². The van der Waals surface area contributed by atoms with E-state index in [9.17, 15) is 10.1 Å². The second-order valence-corrected chi connectivity index (χ2v) is 9.52. The van der Waals surface area contributed by atoms with E-state index in [0.29, 0.717) is 28.2 Å². The lowest BCUT2D eigenvalue weighted by Crippen LogP contribution is -2.13. The Kier molecular flexibility index (Phi) is 9.96. The number of nitriles is 1. The highest BCUT2D eigenvalue weighted by atomic mass is 35.5. The number of ether oxygens (including phenoxy) is 1. The number of rotatable bonds is 11. The zero-order valence-corrected chi connectivity index (χ0v) is 21.1. The second-order valence-electron chi connectivity index (χ2n) is 7.62. The molecule has 2 aromatic carbocycles. The summed E-state index contributed by atoms with van der Waals surface area (Å²) in [7, 11) is 0. The summed E-state index contributed by atoms with van der Waals surface area (Å²) < 4.78 is 5.74. The number of anilines is 1. The summed E-state index contributed by atoms with van der Waals surface area (Å²) in [5.41, 5.74) is 1.60. The molecule has 0 aliphatic carbocycles. The lowest BCUT2D eigenvalue weighted by atomic mass is 10.1. The number of nitrogens with one attached hydrogen (secondary N) is 1. The smallest absolute Gasteiger partial charge is 0.268 e. The summed E-state index contributed by atoms with van der Waals surface area (Å²) in [4.78, 5) is 17.8. The first-order chi connectivity index (χ1) is 16.5. The van der Waals surface area contributed by atoms with Crippen molar-refractivity contribution in [3.8, 4) is 11.8 Å². The Morgan fingerprint density at radius 3 is 2.71 bits per heavy atom. The number of benzene rings is 2. The van der Waals surface area contributed by atoms with Crippen molar-refractivity contribution in [1.82, 2.24) is 4.98 Å². The van der Waals surface area contributed by atoms with Crippen LogP contribution in [-0.2, 0) is 11.2 Å². The van der Waals surface area contributed by atoms with E-state index in [1.54, 1.807) is 18.3 Å². The fraction of sp³-hybridized carbons (Fsp3) is 0.269. The van der Waals surface area contributed by atoms with Gasteiger partial charge in [0.25, 0.3) is 5.91 Å². The van der Waals surface area contributed by atoms with Crippen molar-refractivity contribution in [2.24, 2.45) is 0 Å². The maximum absolute atomic E-state index is 12.6. The van der Waals surface area contributed by atoms with Crippen molar-refractivity contribution in [1.29, 1.82) is 5.26 Å². The Hall–Kier alpha value is -2.85. The molecule has 8 heteroatoms. The van der Waals surface area contributed by atoms with Gasteiger partial charge in [-0.2, -0.15) is 5.26 Å². The van der Waals surface area contributed by atoms with Crippen LogP contribution in [0.2, 0.25) is 10.0 Å². The fourth-order valence-corrected chi connectivity index (χ4v) is 4.40. The summed E-state index contributed by atoms with van der Waals surface area (Å²) in [6.07, 6.45) is 8.35. The lowest BCUT2D eigenvalue weighted by Gasteiger charge is -2.06. The number of unbranched alkanes of at least 4 members (excludes halogenated alkanes) is 3.